The van der Waals surface area contributed by atoms with Crippen molar-refractivity contribution in [1.29, 1.82) is 0 Å². The average Bonchev–Trinajstić information content (AvgIpc) is 2.19. The van der Waals surface area contributed by atoms with Gasteiger partial charge in [-0.15, -0.1) is 0 Å². The smallest absolute Gasteiger partial charge is 0.313 e. The number of ether oxygens (including phenoxy) is 1. The predicted octanol–water partition coefficient (Wildman–Crippen LogP) is 1.83. The molecule has 76 valence electrons. The molecule has 1 aromatic rings. The summed E-state index contributed by atoms with van der Waals surface area (Å²) in [6, 6.07) is 6.53. The quantitative estimate of drug-likeness (QED) is 0.802. The number of halogens is 1. The van der Waals surface area contributed by atoms with Gasteiger partial charge in [0.1, 0.15) is 18.3 Å². The number of methoxy groups -OCH3 is 1. The summed E-state index contributed by atoms with van der Waals surface area (Å²) in [5, 5.41) is 8.75. The maximum absolute atomic E-state index is 12.5. The van der Waals surface area contributed by atoms with Gasteiger partial charge in [0.2, 0.25) is 0 Å². The van der Waals surface area contributed by atoms with E-state index in [2.05, 4.69) is 0 Å². The van der Waals surface area contributed by atoms with Crippen molar-refractivity contribution in [3.63, 3.8) is 0 Å². The van der Waals surface area contributed by atoms with E-state index < -0.39 is 18.6 Å². The highest BCUT2D eigenvalue weighted by Gasteiger charge is 2.22. The molecule has 1 aromatic carbocycles. The molecular weight excluding hydrogens is 187 g/mol. The van der Waals surface area contributed by atoms with Crippen LogP contribution < -0.4 is 4.74 Å². The zero-order valence-electron chi connectivity index (χ0n) is 7.74. The normalized spacial score (nSPS) is 12.1. The molecule has 14 heavy (non-hydrogen) atoms. The number of alkyl halides is 1. The van der Waals surface area contributed by atoms with Gasteiger partial charge in [-0.1, -0.05) is 18.2 Å². The molecule has 1 rings (SSSR count). The van der Waals surface area contributed by atoms with Crippen LogP contribution in [0.2, 0.25) is 0 Å². The second-order valence-corrected chi connectivity index (χ2v) is 2.79. The first-order chi connectivity index (χ1) is 6.70. The zero-order valence-corrected chi connectivity index (χ0v) is 7.74. The van der Waals surface area contributed by atoms with E-state index in [0.717, 1.165) is 0 Å². The maximum atomic E-state index is 12.5. The van der Waals surface area contributed by atoms with Crippen LogP contribution in [0.15, 0.2) is 24.3 Å². The topological polar surface area (TPSA) is 46.5 Å². The van der Waals surface area contributed by atoms with Gasteiger partial charge in [0.15, 0.2) is 0 Å². The van der Waals surface area contributed by atoms with E-state index in [1.807, 2.05) is 0 Å². The number of hydrogen-bond donors (Lipinski definition) is 1. The van der Waals surface area contributed by atoms with Gasteiger partial charge in [-0.05, 0) is 6.07 Å². The SMILES string of the molecule is COc1ccccc1C(CF)C(=O)O. The zero-order chi connectivity index (χ0) is 10.6. The summed E-state index contributed by atoms with van der Waals surface area (Å²) in [5.74, 6) is -1.93. The predicted molar refractivity (Wildman–Crippen MR) is 49.3 cm³/mol. The van der Waals surface area contributed by atoms with Crippen LogP contribution in [0.4, 0.5) is 4.39 Å². The fraction of sp³-hybridized carbons (Fsp3) is 0.300. The lowest BCUT2D eigenvalue weighted by atomic mass is 10.00. The van der Waals surface area contributed by atoms with Crippen LogP contribution in [-0.2, 0) is 4.79 Å². The van der Waals surface area contributed by atoms with E-state index in [-0.39, 0.29) is 0 Å². The van der Waals surface area contributed by atoms with Crippen molar-refractivity contribution in [3.8, 4) is 5.75 Å². The number of rotatable bonds is 4. The van der Waals surface area contributed by atoms with E-state index in [9.17, 15) is 9.18 Å². The second-order valence-electron chi connectivity index (χ2n) is 2.79. The summed E-state index contributed by atoms with van der Waals surface area (Å²) in [4.78, 5) is 10.7. The number of aliphatic carboxylic acids is 1. The van der Waals surface area contributed by atoms with Crippen molar-refractivity contribution >= 4 is 5.97 Å². The van der Waals surface area contributed by atoms with Crippen molar-refractivity contribution in [2.45, 2.75) is 5.92 Å². The van der Waals surface area contributed by atoms with E-state index in [1.165, 1.54) is 7.11 Å². The second kappa shape index (κ2) is 4.60. The van der Waals surface area contributed by atoms with E-state index in [0.29, 0.717) is 11.3 Å². The largest absolute Gasteiger partial charge is 0.496 e. The van der Waals surface area contributed by atoms with E-state index >= 15 is 0 Å². The van der Waals surface area contributed by atoms with Gasteiger partial charge >= 0.3 is 5.97 Å². The number of carboxylic acid groups (broad SMARTS) is 1. The molecule has 0 aliphatic rings. The number of benzene rings is 1. The van der Waals surface area contributed by atoms with Gasteiger partial charge in [-0.3, -0.25) is 4.79 Å². The third kappa shape index (κ3) is 2.02. The molecular formula is C10H11FO3. The van der Waals surface area contributed by atoms with Crippen LogP contribution in [0.3, 0.4) is 0 Å². The van der Waals surface area contributed by atoms with Gasteiger partial charge in [-0.25, -0.2) is 4.39 Å². The highest BCUT2D eigenvalue weighted by atomic mass is 19.1. The Hall–Kier alpha value is -1.58. The summed E-state index contributed by atoms with van der Waals surface area (Å²) >= 11 is 0. The van der Waals surface area contributed by atoms with Crippen LogP contribution >= 0.6 is 0 Å². The lowest BCUT2D eigenvalue weighted by molar-refractivity contribution is -0.139. The molecule has 0 spiro atoms. The average molecular weight is 198 g/mol. The van der Waals surface area contributed by atoms with E-state index in [4.69, 9.17) is 9.84 Å². The molecule has 0 saturated carbocycles. The Kier molecular flexibility index (Phi) is 3.45. The number of carbonyl (C=O) groups is 1. The summed E-state index contributed by atoms with van der Waals surface area (Å²) in [6.45, 7) is -0.935. The highest BCUT2D eigenvalue weighted by Crippen LogP contribution is 2.26. The Morgan fingerprint density at radius 1 is 1.57 bits per heavy atom. The lowest BCUT2D eigenvalue weighted by Crippen LogP contribution is -2.14. The Labute approximate surface area is 81.1 Å². The molecule has 3 nitrogen and oxygen atoms in total. The first-order valence-corrected chi connectivity index (χ1v) is 4.12. The molecule has 0 saturated heterocycles. The van der Waals surface area contributed by atoms with Crippen LogP contribution in [-0.4, -0.2) is 24.9 Å². The molecule has 0 aliphatic heterocycles. The lowest BCUT2D eigenvalue weighted by Gasteiger charge is -2.12. The molecule has 0 aliphatic carbocycles. The fourth-order valence-corrected chi connectivity index (χ4v) is 1.24. The number of carboxylic acids is 1. The van der Waals surface area contributed by atoms with Crippen LogP contribution in [0.1, 0.15) is 11.5 Å². The van der Waals surface area contributed by atoms with Crippen molar-refractivity contribution in [2.24, 2.45) is 0 Å². The monoisotopic (exact) mass is 198 g/mol. The van der Waals surface area contributed by atoms with Crippen molar-refractivity contribution in [1.82, 2.24) is 0 Å². The molecule has 1 unspecified atom stereocenters. The van der Waals surface area contributed by atoms with Crippen molar-refractivity contribution < 1.29 is 19.0 Å². The van der Waals surface area contributed by atoms with Gasteiger partial charge in [-0.2, -0.15) is 0 Å². The number of para-hydroxylation sites is 1. The summed E-state index contributed by atoms with van der Waals surface area (Å²) in [7, 11) is 1.43. The van der Waals surface area contributed by atoms with Gasteiger partial charge in [0.25, 0.3) is 0 Å². The highest BCUT2D eigenvalue weighted by molar-refractivity contribution is 5.77. The third-order valence-electron chi connectivity index (χ3n) is 1.97. The molecule has 1 N–H and O–H groups in total. The standard InChI is InChI=1S/C10H11FO3/c1-14-9-5-3-2-4-7(9)8(6-11)10(12)13/h2-5,8H,6H2,1H3,(H,12,13). The van der Waals surface area contributed by atoms with Crippen LogP contribution in [0, 0.1) is 0 Å². The van der Waals surface area contributed by atoms with Gasteiger partial charge in [0.05, 0.1) is 7.11 Å². The van der Waals surface area contributed by atoms with E-state index in [1.54, 1.807) is 24.3 Å². The third-order valence-corrected chi connectivity index (χ3v) is 1.97. The minimum atomic E-state index is -1.18. The van der Waals surface area contributed by atoms with Crippen molar-refractivity contribution in [3.05, 3.63) is 29.8 Å². The Bertz CT molecular complexity index is 325. The molecule has 0 bridgehead atoms. The Balaban J connectivity index is 3.08. The number of hydrogen-bond acceptors (Lipinski definition) is 2. The first kappa shape index (κ1) is 10.5. The summed E-state index contributed by atoms with van der Waals surface area (Å²) in [6.07, 6.45) is 0. The fourth-order valence-electron chi connectivity index (χ4n) is 1.24. The molecule has 0 fully saturated rings. The molecule has 1 atom stereocenters. The minimum Gasteiger partial charge on any atom is -0.496 e. The maximum Gasteiger partial charge on any atom is 0.313 e. The minimum absolute atomic E-state index is 0.366. The molecule has 0 amide bonds. The van der Waals surface area contributed by atoms with Crippen LogP contribution in [0.5, 0.6) is 5.75 Å². The van der Waals surface area contributed by atoms with Gasteiger partial charge in [0, 0.05) is 5.56 Å². The molecule has 4 heteroatoms. The van der Waals surface area contributed by atoms with Crippen LogP contribution in [0.25, 0.3) is 0 Å². The Morgan fingerprint density at radius 2 is 2.21 bits per heavy atom. The molecule has 0 radical (unpaired) electrons. The molecule has 0 heterocycles. The van der Waals surface area contributed by atoms with Gasteiger partial charge < -0.3 is 9.84 Å². The summed E-state index contributed by atoms with van der Waals surface area (Å²) in [5.41, 5.74) is 0.366. The Morgan fingerprint density at radius 3 is 2.71 bits per heavy atom. The molecule has 0 aromatic heterocycles. The summed E-state index contributed by atoms with van der Waals surface area (Å²) < 4.78 is 17.4. The first-order valence-electron chi connectivity index (χ1n) is 4.12. The van der Waals surface area contributed by atoms with Crippen molar-refractivity contribution in [2.75, 3.05) is 13.8 Å².